The largest absolute Gasteiger partial charge is 0.482 e. The van der Waals surface area contributed by atoms with Crippen LogP contribution in [0.15, 0.2) is 158 Å². The van der Waals surface area contributed by atoms with Gasteiger partial charge >= 0.3 is 35.8 Å². The molecule has 0 heterocycles. The topological polar surface area (TPSA) is 366 Å². The van der Waals surface area contributed by atoms with Crippen molar-refractivity contribution in [2.75, 3.05) is 174 Å². The molecule has 6 aromatic rings. The third-order valence-corrected chi connectivity index (χ3v) is 11.0. The van der Waals surface area contributed by atoms with Crippen molar-refractivity contribution < 1.29 is 121 Å². The van der Waals surface area contributed by atoms with Gasteiger partial charge in [0, 0.05) is 97.4 Å². The van der Waals surface area contributed by atoms with Gasteiger partial charge in [-0.05, 0) is 97.1 Å². The molecule has 6 rings (SSSR count). The molecule has 0 saturated carbocycles. The first-order chi connectivity index (χ1) is 45.7. The highest BCUT2D eigenvalue weighted by Crippen LogP contribution is 2.18. The summed E-state index contributed by atoms with van der Waals surface area (Å²) in [6.07, 6.45) is 0. The number of ketones is 2. The molecule has 0 bridgehead atoms. The summed E-state index contributed by atoms with van der Waals surface area (Å²) < 4.78 is 52.9. The van der Waals surface area contributed by atoms with Crippen molar-refractivity contribution in [3.05, 3.63) is 191 Å². The molecular formula is C68H92N2O25. The van der Waals surface area contributed by atoms with E-state index < -0.39 is 30.5 Å². The number of aliphatic hydroxyl groups is 3. The van der Waals surface area contributed by atoms with Crippen LogP contribution < -0.4 is 19.3 Å². The molecule has 0 atom stereocenters. The quantitative estimate of drug-likeness (QED) is 0.0125. The van der Waals surface area contributed by atoms with E-state index in [1.807, 2.05) is 74.4 Å². The zero-order valence-electron chi connectivity index (χ0n) is 55.8. The van der Waals surface area contributed by atoms with Crippen molar-refractivity contribution in [3.63, 3.8) is 0 Å². The van der Waals surface area contributed by atoms with E-state index in [1.165, 1.54) is 21.3 Å². The number of hydrogen-bond acceptors (Lipinski definition) is 24. The monoisotopic (exact) mass is 1340 g/mol. The Hall–Kier alpha value is -9.68. The maximum atomic E-state index is 12.2. The molecule has 0 unspecified atom stereocenters. The number of carbonyl (C=O) groups excluding carboxylic acids is 5. The number of benzene rings is 6. The molecule has 6 aromatic carbocycles. The summed E-state index contributed by atoms with van der Waals surface area (Å²) in [4.78, 5) is 91.5. The summed E-state index contributed by atoms with van der Waals surface area (Å²) in [6, 6.07) is 45.0. The standard InChI is InChI=1S/C16H14O4.C15H12O4.C10H13NO2.C9H11NO2.C8H16O5.C7H14O5.3CH4O/c1-19-15(17)11-20-14-9-7-13(8-10-14)16(18)12-5-3-2-4-6-12;16-14(17)10-19-13-8-6-12(7-9-13)15(18)11-4-2-1-3-5-11;1-11(2)9-6-4-8(5-7-9)10(12)13-3;1-10(2)8-5-3-7(4-6-8)9(11)12;1-10-3-4-12-5-6-13-7-8(9)11-2;1-10-2-3-11-4-5-12-6-7(8)9;3*1-2/h2-10H,11H2,1H3;1-9H,10H2,(H,16,17);4-7H,1-3H3;3-6H,1-2H3,(H,11,12);3-7H2,1-2H3;2-6H2,1H3,(H,8,9);3*2H,1H3. The zero-order chi connectivity index (χ0) is 72.2. The van der Waals surface area contributed by atoms with Crippen LogP contribution in [0.2, 0.25) is 0 Å². The third-order valence-electron chi connectivity index (χ3n) is 11.0. The SMILES string of the molecule is CN(C)c1ccc(C(=O)O)cc1.CO.CO.CO.COC(=O)COc1ccc(C(=O)c2ccccc2)cc1.COC(=O)c1ccc(N(C)C)cc1.COCCOCCOCC(=O)O.COCCOCCOCC(=O)OC.O=C(O)COc1ccc(C(=O)c2ccccc2)cc1. The van der Waals surface area contributed by atoms with Crippen LogP contribution in [0.3, 0.4) is 0 Å². The van der Waals surface area contributed by atoms with Crippen molar-refractivity contribution in [2.24, 2.45) is 0 Å². The Morgan fingerprint density at radius 3 is 0.958 bits per heavy atom. The number of carbonyl (C=O) groups is 8. The van der Waals surface area contributed by atoms with Gasteiger partial charge < -0.3 is 92.5 Å². The predicted molar refractivity (Wildman–Crippen MR) is 354 cm³/mol. The summed E-state index contributed by atoms with van der Waals surface area (Å²) in [5.74, 6) is -3.21. The second-order valence-corrected chi connectivity index (χ2v) is 18.0. The van der Waals surface area contributed by atoms with Crippen molar-refractivity contribution in [3.8, 4) is 11.5 Å². The number of aliphatic hydroxyl groups excluding tert-OH is 3. The van der Waals surface area contributed by atoms with Crippen LogP contribution in [0.1, 0.15) is 52.6 Å². The molecule has 0 aromatic heterocycles. The highest BCUT2D eigenvalue weighted by Gasteiger charge is 2.11. The van der Waals surface area contributed by atoms with Crippen LogP contribution >= 0.6 is 0 Å². The number of ether oxygens (including phenoxy) is 11. The summed E-state index contributed by atoms with van der Waals surface area (Å²) in [7, 11) is 17.9. The minimum Gasteiger partial charge on any atom is -0.482 e. The molecule has 0 aliphatic rings. The van der Waals surface area contributed by atoms with E-state index in [0.717, 1.165) is 32.7 Å². The Balaban J connectivity index is -0.00000106. The van der Waals surface area contributed by atoms with E-state index in [2.05, 4.69) is 14.2 Å². The van der Waals surface area contributed by atoms with Crippen LogP contribution in [-0.2, 0) is 61.8 Å². The summed E-state index contributed by atoms with van der Waals surface area (Å²) >= 11 is 0. The Morgan fingerprint density at radius 2 is 0.632 bits per heavy atom. The third kappa shape index (κ3) is 45.3. The van der Waals surface area contributed by atoms with Crippen LogP contribution in [0.5, 0.6) is 11.5 Å². The molecule has 6 N–H and O–H groups in total. The minimum absolute atomic E-state index is 0.0237. The molecule has 27 heteroatoms. The fraction of sp³-hybridized carbons (Fsp3) is 0.353. The van der Waals surface area contributed by atoms with Gasteiger partial charge in [-0.25, -0.2) is 28.8 Å². The van der Waals surface area contributed by atoms with Gasteiger partial charge in [-0.3, -0.25) is 9.59 Å². The van der Waals surface area contributed by atoms with E-state index in [-0.39, 0.29) is 43.3 Å². The number of esters is 3. The number of aliphatic carboxylic acids is 2. The molecule has 0 amide bonds. The average molecular weight is 1340 g/mol. The van der Waals surface area contributed by atoms with Gasteiger partial charge in [0.1, 0.15) is 24.7 Å². The lowest BCUT2D eigenvalue weighted by molar-refractivity contribution is -0.146. The number of carboxylic acids is 3. The number of aromatic carboxylic acids is 1. The number of hydrogen-bond donors (Lipinski definition) is 6. The Labute approximate surface area is 554 Å². The molecule has 0 aliphatic heterocycles. The zero-order valence-corrected chi connectivity index (χ0v) is 55.8. The molecule has 0 saturated heterocycles. The molecule has 0 aliphatic carbocycles. The lowest BCUT2D eigenvalue weighted by Crippen LogP contribution is -2.14. The lowest BCUT2D eigenvalue weighted by atomic mass is 10.0. The number of methoxy groups -OCH3 is 5. The first-order valence-corrected chi connectivity index (χ1v) is 28.4. The fourth-order valence-electron chi connectivity index (χ4n) is 6.28. The van der Waals surface area contributed by atoms with Gasteiger partial charge in [-0.1, -0.05) is 60.7 Å². The maximum absolute atomic E-state index is 12.2. The molecule has 95 heavy (non-hydrogen) atoms. The minimum atomic E-state index is -1.04. The summed E-state index contributed by atoms with van der Waals surface area (Å²) in [6.45, 7) is 2.86. The predicted octanol–water partition coefficient (Wildman–Crippen LogP) is 6.26. The van der Waals surface area contributed by atoms with Gasteiger partial charge in [0.25, 0.3) is 0 Å². The van der Waals surface area contributed by atoms with Gasteiger partial charge in [0.05, 0.1) is 85.3 Å². The Morgan fingerprint density at radius 1 is 0.326 bits per heavy atom. The highest BCUT2D eigenvalue weighted by atomic mass is 16.6. The molecule has 524 valence electrons. The van der Waals surface area contributed by atoms with Gasteiger partial charge in [0.15, 0.2) is 24.8 Å². The average Bonchev–Trinajstić information content (AvgIpc) is 2.18. The molecule has 0 radical (unpaired) electrons. The first-order valence-electron chi connectivity index (χ1n) is 28.4. The van der Waals surface area contributed by atoms with E-state index in [0.29, 0.717) is 97.7 Å². The molecule has 27 nitrogen and oxygen atoms in total. The smallest absolute Gasteiger partial charge is 0.343 e. The number of rotatable bonds is 30. The van der Waals surface area contributed by atoms with Crippen molar-refractivity contribution in [1.82, 2.24) is 0 Å². The fourth-order valence-corrected chi connectivity index (χ4v) is 6.28. The van der Waals surface area contributed by atoms with E-state index >= 15 is 0 Å². The van der Waals surface area contributed by atoms with Gasteiger partial charge in [-0.15, -0.1) is 0 Å². The highest BCUT2D eigenvalue weighted by molar-refractivity contribution is 6.09. The summed E-state index contributed by atoms with van der Waals surface area (Å²) in [5, 5.41) is 46.3. The lowest BCUT2D eigenvalue weighted by Gasteiger charge is -2.11. The molecule has 0 spiro atoms. The van der Waals surface area contributed by atoms with Crippen LogP contribution in [0, 0.1) is 0 Å². The van der Waals surface area contributed by atoms with E-state index in [1.54, 1.807) is 136 Å². The number of nitrogens with zero attached hydrogens (tertiary/aromatic N) is 2. The second kappa shape index (κ2) is 59.3. The maximum Gasteiger partial charge on any atom is 0.343 e. The summed E-state index contributed by atoms with van der Waals surface area (Å²) in [5.41, 5.74) is 5.31. The van der Waals surface area contributed by atoms with E-state index in [9.17, 15) is 38.4 Å². The molecular weight excluding hydrogens is 1240 g/mol. The van der Waals surface area contributed by atoms with Crippen LogP contribution in [-0.4, -0.2) is 242 Å². The Bertz CT molecular complexity index is 2950. The second-order valence-electron chi connectivity index (χ2n) is 18.0. The Kier molecular flexibility index (Phi) is 55.9. The van der Waals surface area contributed by atoms with Crippen molar-refractivity contribution >= 4 is 58.8 Å². The van der Waals surface area contributed by atoms with Gasteiger partial charge in [-0.2, -0.15) is 0 Å². The molecule has 0 fully saturated rings. The van der Waals surface area contributed by atoms with E-state index in [4.69, 9.17) is 68.5 Å². The van der Waals surface area contributed by atoms with Crippen LogP contribution in [0.4, 0.5) is 11.4 Å². The first kappa shape index (κ1) is 89.5. The van der Waals surface area contributed by atoms with Crippen LogP contribution in [0.25, 0.3) is 0 Å². The van der Waals surface area contributed by atoms with Gasteiger partial charge in [0.2, 0.25) is 0 Å². The normalized spacial score (nSPS) is 9.38. The van der Waals surface area contributed by atoms with Crippen molar-refractivity contribution in [2.45, 2.75) is 0 Å². The number of carboxylic acid groups (broad SMARTS) is 3. The number of anilines is 2. The van der Waals surface area contributed by atoms with Crippen molar-refractivity contribution in [1.29, 1.82) is 0 Å².